The van der Waals surface area contributed by atoms with Gasteiger partial charge in [0.25, 0.3) is 0 Å². The molecular weight excluding hydrogens is 216 g/mol. The summed E-state index contributed by atoms with van der Waals surface area (Å²) < 4.78 is 0. The SMILES string of the molecule is CNC1CCN(C(C)c2ccc(C)s2)CC1. The maximum atomic E-state index is 3.38. The van der Waals surface area contributed by atoms with Gasteiger partial charge in [0, 0.05) is 34.9 Å². The van der Waals surface area contributed by atoms with Gasteiger partial charge in [-0.05, 0) is 45.9 Å². The lowest BCUT2D eigenvalue weighted by Crippen LogP contribution is -2.41. The van der Waals surface area contributed by atoms with Crippen LogP contribution in [0.15, 0.2) is 12.1 Å². The van der Waals surface area contributed by atoms with Crippen LogP contribution < -0.4 is 5.32 Å². The Kier molecular flexibility index (Phi) is 4.00. The molecule has 0 saturated carbocycles. The molecule has 0 bridgehead atoms. The molecule has 2 nitrogen and oxygen atoms in total. The molecule has 3 heteroatoms. The molecule has 16 heavy (non-hydrogen) atoms. The van der Waals surface area contributed by atoms with E-state index in [1.54, 1.807) is 0 Å². The fraction of sp³-hybridized carbons (Fsp3) is 0.692. The summed E-state index contributed by atoms with van der Waals surface area (Å²) >= 11 is 1.94. The predicted octanol–water partition coefficient (Wildman–Crippen LogP) is 2.80. The van der Waals surface area contributed by atoms with Crippen LogP contribution in [0.4, 0.5) is 0 Å². The van der Waals surface area contributed by atoms with E-state index < -0.39 is 0 Å². The van der Waals surface area contributed by atoms with Crippen molar-refractivity contribution in [3.63, 3.8) is 0 Å². The zero-order chi connectivity index (χ0) is 11.5. The predicted molar refractivity (Wildman–Crippen MR) is 71.1 cm³/mol. The zero-order valence-electron chi connectivity index (χ0n) is 10.5. The van der Waals surface area contributed by atoms with Gasteiger partial charge >= 0.3 is 0 Å². The Hall–Kier alpha value is -0.380. The summed E-state index contributed by atoms with van der Waals surface area (Å²) in [7, 11) is 2.08. The Balaban J connectivity index is 1.93. The summed E-state index contributed by atoms with van der Waals surface area (Å²) in [6.07, 6.45) is 2.57. The van der Waals surface area contributed by atoms with Crippen molar-refractivity contribution < 1.29 is 0 Å². The van der Waals surface area contributed by atoms with E-state index in [-0.39, 0.29) is 0 Å². The molecule has 1 fully saturated rings. The quantitative estimate of drug-likeness (QED) is 0.871. The monoisotopic (exact) mass is 238 g/mol. The molecule has 0 spiro atoms. The minimum absolute atomic E-state index is 0.594. The molecular formula is C13H22N2S. The van der Waals surface area contributed by atoms with Crippen molar-refractivity contribution in [3.05, 3.63) is 21.9 Å². The van der Waals surface area contributed by atoms with Gasteiger partial charge in [0.15, 0.2) is 0 Å². The summed E-state index contributed by atoms with van der Waals surface area (Å²) in [5.74, 6) is 0. The van der Waals surface area contributed by atoms with E-state index >= 15 is 0 Å². The van der Waals surface area contributed by atoms with E-state index in [0.717, 1.165) is 6.04 Å². The van der Waals surface area contributed by atoms with Crippen LogP contribution in [0.3, 0.4) is 0 Å². The lowest BCUT2D eigenvalue weighted by molar-refractivity contribution is 0.157. The highest BCUT2D eigenvalue weighted by molar-refractivity contribution is 7.12. The van der Waals surface area contributed by atoms with Crippen LogP contribution in [0.1, 0.15) is 35.6 Å². The molecule has 1 aromatic heterocycles. The first-order valence-corrected chi connectivity index (χ1v) is 7.00. The summed E-state index contributed by atoms with van der Waals surface area (Å²) in [6, 6.07) is 5.84. The van der Waals surface area contributed by atoms with Crippen LogP contribution in [0.5, 0.6) is 0 Å². The number of nitrogens with one attached hydrogen (secondary N) is 1. The smallest absolute Gasteiger partial charge is 0.0413 e. The molecule has 1 aliphatic rings. The molecule has 1 N–H and O–H groups in total. The fourth-order valence-corrected chi connectivity index (χ4v) is 3.40. The Morgan fingerprint density at radius 3 is 2.56 bits per heavy atom. The molecule has 0 aromatic carbocycles. The highest BCUT2D eigenvalue weighted by Gasteiger charge is 2.23. The fourth-order valence-electron chi connectivity index (χ4n) is 2.43. The molecule has 0 radical (unpaired) electrons. The van der Waals surface area contributed by atoms with Gasteiger partial charge in [0.1, 0.15) is 0 Å². The normalized spacial score (nSPS) is 21.2. The van der Waals surface area contributed by atoms with Crippen LogP contribution in [-0.4, -0.2) is 31.1 Å². The third-order valence-corrected chi connectivity index (χ3v) is 4.83. The van der Waals surface area contributed by atoms with Crippen molar-refractivity contribution in [2.24, 2.45) is 0 Å². The summed E-state index contributed by atoms with van der Waals surface area (Å²) in [5.41, 5.74) is 0. The third kappa shape index (κ3) is 2.65. The maximum Gasteiger partial charge on any atom is 0.0413 e. The van der Waals surface area contributed by atoms with Gasteiger partial charge in [-0.25, -0.2) is 0 Å². The number of nitrogens with zero attached hydrogens (tertiary/aromatic N) is 1. The average Bonchev–Trinajstić information content (AvgIpc) is 2.75. The highest BCUT2D eigenvalue weighted by atomic mass is 32.1. The van der Waals surface area contributed by atoms with Gasteiger partial charge in [0.2, 0.25) is 0 Å². The van der Waals surface area contributed by atoms with Gasteiger partial charge < -0.3 is 5.32 Å². The lowest BCUT2D eigenvalue weighted by Gasteiger charge is -2.35. The number of hydrogen-bond donors (Lipinski definition) is 1. The van der Waals surface area contributed by atoms with E-state index in [4.69, 9.17) is 0 Å². The largest absolute Gasteiger partial charge is 0.317 e. The number of rotatable bonds is 3. The second-order valence-electron chi connectivity index (χ2n) is 4.72. The lowest BCUT2D eigenvalue weighted by atomic mass is 10.0. The number of likely N-dealkylation sites (tertiary alicyclic amines) is 1. The van der Waals surface area contributed by atoms with Gasteiger partial charge in [-0.3, -0.25) is 4.90 Å². The molecule has 0 aliphatic carbocycles. The van der Waals surface area contributed by atoms with Crippen LogP contribution in [0.25, 0.3) is 0 Å². The first-order valence-electron chi connectivity index (χ1n) is 6.18. The number of thiophene rings is 1. The van der Waals surface area contributed by atoms with Crippen LogP contribution in [0, 0.1) is 6.92 Å². The number of piperidine rings is 1. The van der Waals surface area contributed by atoms with Gasteiger partial charge in [-0.15, -0.1) is 11.3 Å². The van der Waals surface area contributed by atoms with E-state index in [9.17, 15) is 0 Å². The summed E-state index contributed by atoms with van der Waals surface area (Å²) in [5, 5.41) is 3.38. The Morgan fingerprint density at radius 1 is 1.38 bits per heavy atom. The zero-order valence-corrected chi connectivity index (χ0v) is 11.3. The molecule has 2 heterocycles. The minimum atomic E-state index is 0.594. The van der Waals surface area contributed by atoms with Crippen molar-refractivity contribution in [3.8, 4) is 0 Å². The summed E-state index contributed by atoms with van der Waals surface area (Å²) in [6.45, 7) is 6.98. The summed E-state index contributed by atoms with van der Waals surface area (Å²) in [4.78, 5) is 5.55. The molecule has 0 amide bonds. The number of hydrogen-bond acceptors (Lipinski definition) is 3. The standard InChI is InChI=1S/C13H22N2S/c1-10-4-5-13(16-10)11(2)15-8-6-12(14-3)7-9-15/h4-5,11-12,14H,6-9H2,1-3H3. The first kappa shape index (κ1) is 12.1. The van der Waals surface area contributed by atoms with Gasteiger partial charge in [-0.2, -0.15) is 0 Å². The second-order valence-corrected chi connectivity index (χ2v) is 6.04. The molecule has 1 aliphatic heterocycles. The van der Waals surface area contributed by atoms with E-state index in [0.29, 0.717) is 6.04 Å². The molecule has 1 unspecified atom stereocenters. The van der Waals surface area contributed by atoms with Crippen molar-refractivity contribution in [1.82, 2.24) is 10.2 Å². The molecule has 1 saturated heterocycles. The Morgan fingerprint density at radius 2 is 2.06 bits per heavy atom. The second kappa shape index (κ2) is 5.30. The average molecular weight is 238 g/mol. The van der Waals surface area contributed by atoms with Crippen LogP contribution >= 0.6 is 11.3 Å². The first-order chi connectivity index (χ1) is 7.70. The van der Waals surface area contributed by atoms with E-state index in [2.05, 4.69) is 43.2 Å². The van der Waals surface area contributed by atoms with Crippen molar-refractivity contribution in [2.75, 3.05) is 20.1 Å². The van der Waals surface area contributed by atoms with Crippen molar-refractivity contribution in [1.29, 1.82) is 0 Å². The minimum Gasteiger partial charge on any atom is -0.317 e. The van der Waals surface area contributed by atoms with Crippen LogP contribution in [0.2, 0.25) is 0 Å². The van der Waals surface area contributed by atoms with Gasteiger partial charge in [-0.1, -0.05) is 0 Å². The maximum absolute atomic E-state index is 3.38. The Labute approximate surface area is 103 Å². The molecule has 1 aromatic rings. The topological polar surface area (TPSA) is 15.3 Å². The molecule has 1 atom stereocenters. The van der Waals surface area contributed by atoms with E-state index in [1.165, 1.54) is 35.7 Å². The van der Waals surface area contributed by atoms with E-state index in [1.807, 2.05) is 11.3 Å². The van der Waals surface area contributed by atoms with Crippen LogP contribution in [-0.2, 0) is 0 Å². The number of aryl methyl sites for hydroxylation is 1. The van der Waals surface area contributed by atoms with Gasteiger partial charge in [0.05, 0.1) is 0 Å². The highest BCUT2D eigenvalue weighted by Crippen LogP contribution is 2.29. The molecule has 2 rings (SSSR count). The molecule has 90 valence electrons. The third-order valence-electron chi connectivity index (χ3n) is 3.66. The van der Waals surface area contributed by atoms with Crippen molar-refractivity contribution in [2.45, 2.75) is 38.8 Å². The Bertz CT molecular complexity index is 326. The van der Waals surface area contributed by atoms with Crippen molar-refractivity contribution >= 4 is 11.3 Å².